The largest absolute Gasteiger partial charge is 0.504 e. The van der Waals surface area contributed by atoms with Crippen molar-refractivity contribution in [1.82, 2.24) is 4.90 Å². The van der Waals surface area contributed by atoms with E-state index in [9.17, 15) is 9.90 Å². The molecule has 1 aromatic carbocycles. The molecule has 0 spiro atoms. The average Bonchev–Trinajstić information content (AvgIpc) is 2.75. The second kappa shape index (κ2) is 4.63. The van der Waals surface area contributed by atoms with Crippen molar-refractivity contribution in [1.29, 1.82) is 0 Å². The molecule has 1 atom stereocenters. The van der Waals surface area contributed by atoms with Crippen LogP contribution in [0.2, 0.25) is 0 Å². The molecule has 1 aliphatic rings. The Morgan fingerprint density at radius 3 is 2.88 bits per heavy atom. The van der Waals surface area contributed by atoms with E-state index in [0.717, 1.165) is 6.42 Å². The first-order valence-electron chi connectivity index (χ1n) is 5.53. The zero-order valence-electron chi connectivity index (χ0n) is 9.72. The summed E-state index contributed by atoms with van der Waals surface area (Å²) in [5.74, 6) is 0.234. The zero-order valence-corrected chi connectivity index (χ0v) is 9.72. The van der Waals surface area contributed by atoms with E-state index in [2.05, 4.69) is 0 Å². The lowest BCUT2D eigenvalue weighted by Crippen LogP contribution is -2.31. The number of hydrogen-bond donors (Lipinski definition) is 2. The van der Waals surface area contributed by atoms with Crippen LogP contribution in [0.15, 0.2) is 18.2 Å². The maximum Gasteiger partial charge on any atom is 0.254 e. The highest BCUT2D eigenvalue weighted by atomic mass is 16.5. The smallest absolute Gasteiger partial charge is 0.254 e. The minimum absolute atomic E-state index is 0.0261. The number of phenolic OH excluding ortho intramolecular Hbond substituents is 1. The van der Waals surface area contributed by atoms with Gasteiger partial charge in [-0.1, -0.05) is 0 Å². The number of nitrogens with zero attached hydrogens (tertiary/aromatic N) is 1. The number of aromatic hydroxyl groups is 1. The van der Waals surface area contributed by atoms with Gasteiger partial charge in [0, 0.05) is 24.7 Å². The van der Waals surface area contributed by atoms with Crippen LogP contribution in [0.3, 0.4) is 0 Å². The Morgan fingerprint density at radius 1 is 1.59 bits per heavy atom. The van der Waals surface area contributed by atoms with Crippen LogP contribution in [0.1, 0.15) is 16.8 Å². The second-order valence-corrected chi connectivity index (χ2v) is 4.19. The Balaban J connectivity index is 2.17. The number of hydrogen-bond acceptors (Lipinski definition) is 4. The summed E-state index contributed by atoms with van der Waals surface area (Å²) >= 11 is 0. The van der Waals surface area contributed by atoms with Crippen molar-refractivity contribution >= 4 is 5.91 Å². The number of carbonyl (C=O) groups excluding carboxylic acids is 1. The van der Waals surface area contributed by atoms with Crippen LogP contribution in [0.25, 0.3) is 0 Å². The van der Waals surface area contributed by atoms with Crippen molar-refractivity contribution < 1.29 is 14.6 Å². The lowest BCUT2D eigenvalue weighted by Gasteiger charge is -2.16. The Hall–Kier alpha value is -1.75. The molecule has 0 saturated carbocycles. The molecule has 1 saturated heterocycles. The van der Waals surface area contributed by atoms with Gasteiger partial charge in [0.15, 0.2) is 11.5 Å². The lowest BCUT2D eigenvalue weighted by molar-refractivity contribution is 0.0790. The molecule has 0 aliphatic carbocycles. The predicted octanol–water partition coefficient (Wildman–Crippen LogP) is 0.574. The number of rotatable bonds is 2. The fraction of sp³-hybridized carbons (Fsp3) is 0.417. The molecule has 3 N–H and O–H groups in total. The van der Waals surface area contributed by atoms with Crippen LogP contribution in [-0.2, 0) is 0 Å². The minimum atomic E-state index is -0.101. The fourth-order valence-electron chi connectivity index (χ4n) is 1.98. The van der Waals surface area contributed by atoms with Gasteiger partial charge in [-0.2, -0.15) is 0 Å². The van der Waals surface area contributed by atoms with Crippen LogP contribution >= 0.6 is 0 Å². The molecule has 5 heteroatoms. The SMILES string of the molecule is COc1ccc(C(=O)N2CCC(N)C2)cc1O. The normalized spacial score (nSPS) is 19.4. The molecule has 2 rings (SSSR count). The summed E-state index contributed by atoms with van der Waals surface area (Å²) in [6.07, 6.45) is 0.827. The van der Waals surface area contributed by atoms with Crippen molar-refractivity contribution in [2.45, 2.75) is 12.5 Å². The first-order valence-corrected chi connectivity index (χ1v) is 5.53. The molecule has 1 fully saturated rings. The molecular formula is C12H16N2O3. The first kappa shape index (κ1) is 11.7. The van der Waals surface area contributed by atoms with Crippen molar-refractivity contribution in [3.05, 3.63) is 23.8 Å². The van der Waals surface area contributed by atoms with E-state index >= 15 is 0 Å². The molecule has 1 heterocycles. The quantitative estimate of drug-likeness (QED) is 0.787. The minimum Gasteiger partial charge on any atom is -0.504 e. The highest BCUT2D eigenvalue weighted by molar-refractivity contribution is 5.95. The fourth-order valence-corrected chi connectivity index (χ4v) is 1.98. The molecule has 5 nitrogen and oxygen atoms in total. The Kier molecular flexibility index (Phi) is 3.19. The van der Waals surface area contributed by atoms with Crippen molar-refractivity contribution in [2.24, 2.45) is 5.73 Å². The van der Waals surface area contributed by atoms with E-state index in [4.69, 9.17) is 10.5 Å². The maximum atomic E-state index is 12.1. The number of likely N-dealkylation sites (tertiary alicyclic amines) is 1. The molecular weight excluding hydrogens is 220 g/mol. The Bertz CT molecular complexity index is 434. The van der Waals surface area contributed by atoms with Crippen LogP contribution in [0.5, 0.6) is 11.5 Å². The molecule has 1 amide bonds. The monoisotopic (exact) mass is 236 g/mol. The topological polar surface area (TPSA) is 75.8 Å². The van der Waals surface area contributed by atoms with Crippen molar-refractivity contribution in [3.63, 3.8) is 0 Å². The van der Waals surface area contributed by atoms with E-state index < -0.39 is 0 Å². The summed E-state index contributed by atoms with van der Waals surface area (Å²) in [6, 6.07) is 4.71. The van der Waals surface area contributed by atoms with Gasteiger partial charge in [0.2, 0.25) is 0 Å². The third kappa shape index (κ3) is 2.34. The third-order valence-electron chi connectivity index (χ3n) is 2.94. The zero-order chi connectivity index (χ0) is 12.4. The molecule has 92 valence electrons. The van der Waals surface area contributed by atoms with Gasteiger partial charge in [0.05, 0.1) is 7.11 Å². The van der Waals surface area contributed by atoms with Crippen LogP contribution in [0, 0.1) is 0 Å². The lowest BCUT2D eigenvalue weighted by atomic mass is 10.2. The summed E-state index contributed by atoms with van der Waals surface area (Å²) < 4.78 is 4.93. The van der Waals surface area contributed by atoms with Crippen LogP contribution < -0.4 is 10.5 Å². The van der Waals surface area contributed by atoms with Gasteiger partial charge in [-0.15, -0.1) is 0 Å². The summed E-state index contributed by atoms with van der Waals surface area (Å²) in [4.78, 5) is 13.8. The van der Waals surface area contributed by atoms with Crippen molar-refractivity contribution in [3.8, 4) is 11.5 Å². The van der Waals surface area contributed by atoms with E-state index in [0.29, 0.717) is 24.4 Å². The van der Waals surface area contributed by atoms with Gasteiger partial charge in [0.25, 0.3) is 5.91 Å². The van der Waals surface area contributed by atoms with Crippen LogP contribution in [-0.4, -0.2) is 42.2 Å². The molecule has 1 aromatic rings. The van der Waals surface area contributed by atoms with E-state index in [-0.39, 0.29) is 17.7 Å². The third-order valence-corrected chi connectivity index (χ3v) is 2.94. The summed E-state index contributed by atoms with van der Waals surface area (Å²) in [7, 11) is 1.47. The second-order valence-electron chi connectivity index (χ2n) is 4.19. The number of amides is 1. The van der Waals surface area contributed by atoms with E-state index in [1.807, 2.05) is 0 Å². The number of methoxy groups -OCH3 is 1. The predicted molar refractivity (Wildman–Crippen MR) is 63.2 cm³/mol. The van der Waals surface area contributed by atoms with Gasteiger partial charge in [0.1, 0.15) is 0 Å². The van der Waals surface area contributed by atoms with Crippen LogP contribution in [0.4, 0.5) is 0 Å². The Labute approximate surface area is 99.8 Å². The molecule has 0 aromatic heterocycles. The molecule has 0 radical (unpaired) electrons. The molecule has 17 heavy (non-hydrogen) atoms. The number of carbonyl (C=O) groups is 1. The number of nitrogens with two attached hydrogens (primary N) is 1. The summed E-state index contributed by atoms with van der Waals surface area (Å²) in [6.45, 7) is 1.25. The number of benzene rings is 1. The highest BCUT2D eigenvalue weighted by Gasteiger charge is 2.24. The molecule has 0 bridgehead atoms. The van der Waals surface area contributed by atoms with Gasteiger partial charge in [-0.25, -0.2) is 0 Å². The Morgan fingerprint density at radius 2 is 2.35 bits per heavy atom. The standard InChI is InChI=1S/C12H16N2O3/c1-17-11-3-2-8(6-10(11)15)12(16)14-5-4-9(13)7-14/h2-3,6,9,15H,4-5,7,13H2,1H3. The summed E-state index contributed by atoms with van der Waals surface area (Å²) in [5.41, 5.74) is 6.21. The van der Waals surface area contributed by atoms with E-state index in [1.54, 1.807) is 17.0 Å². The average molecular weight is 236 g/mol. The van der Waals surface area contributed by atoms with Gasteiger partial charge in [-0.05, 0) is 24.6 Å². The van der Waals surface area contributed by atoms with E-state index in [1.165, 1.54) is 13.2 Å². The molecule has 1 aliphatic heterocycles. The maximum absolute atomic E-state index is 12.1. The first-order chi connectivity index (χ1) is 8.11. The number of phenols is 1. The van der Waals surface area contributed by atoms with Crippen molar-refractivity contribution in [2.75, 3.05) is 20.2 Å². The number of ether oxygens (including phenoxy) is 1. The van der Waals surface area contributed by atoms with Gasteiger partial charge < -0.3 is 20.5 Å². The van der Waals surface area contributed by atoms with Gasteiger partial charge >= 0.3 is 0 Å². The van der Waals surface area contributed by atoms with Gasteiger partial charge in [-0.3, -0.25) is 4.79 Å². The molecule has 1 unspecified atom stereocenters. The highest BCUT2D eigenvalue weighted by Crippen LogP contribution is 2.27. The summed E-state index contributed by atoms with van der Waals surface area (Å²) in [5, 5.41) is 9.61.